The smallest absolute Gasteiger partial charge is 0.325 e. The number of aryl methyl sites for hydroxylation is 2. The van der Waals surface area contributed by atoms with E-state index in [4.69, 9.17) is 23.2 Å². The van der Waals surface area contributed by atoms with Crippen molar-refractivity contribution in [3.05, 3.63) is 55.4 Å². The molecule has 142 valence electrons. The average molecular weight is 410 g/mol. The summed E-state index contributed by atoms with van der Waals surface area (Å²) >= 11 is 11.9. The van der Waals surface area contributed by atoms with Crippen LogP contribution in [0.25, 0.3) is 11.2 Å². The molecule has 0 radical (unpaired) electrons. The van der Waals surface area contributed by atoms with Crippen LogP contribution in [0.4, 0.5) is 5.69 Å². The van der Waals surface area contributed by atoms with E-state index in [1.807, 2.05) is 0 Å². The molecule has 3 aromatic rings. The minimum atomic E-state index is -0.433. The van der Waals surface area contributed by atoms with Crippen molar-refractivity contribution in [2.45, 2.75) is 19.4 Å². The number of amides is 1. The maximum Gasteiger partial charge on any atom is 0.332 e. The molecule has 0 aliphatic heterocycles. The van der Waals surface area contributed by atoms with Crippen molar-refractivity contribution >= 4 is 46.0 Å². The van der Waals surface area contributed by atoms with Crippen molar-refractivity contribution < 1.29 is 4.79 Å². The van der Waals surface area contributed by atoms with E-state index in [1.165, 1.54) is 17.9 Å². The van der Waals surface area contributed by atoms with Gasteiger partial charge in [-0.2, -0.15) is 0 Å². The van der Waals surface area contributed by atoms with Gasteiger partial charge in [0.1, 0.15) is 0 Å². The Kier molecular flexibility index (Phi) is 5.38. The molecule has 2 aromatic heterocycles. The summed E-state index contributed by atoms with van der Waals surface area (Å²) in [5.41, 5.74) is 0.296. The summed E-state index contributed by atoms with van der Waals surface area (Å²) in [6, 6.07) is 4.83. The topological polar surface area (TPSA) is 90.9 Å². The average Bonchev–Trinajstić information content (AvgIpc) is 3.04. The maximum atomic E-state index is 12.4. The Morgan fingerprint density at radius 2 is 1.93 bits per heavy atom. The number of nitrogens with zero attached hydrogens (tertiary/aromatic N) is 4. The summed E-state index contributed by atoms with van der Waals surface area (Å²) in [5, 5.41) is 3.57. The summed E-state index contributed by atoms with van der Waals surface area (Å²) in [6.45, 7) is 0.408. The summed E-state index contributed by atoms with van der Waals surface area (Å²) in [4.78, 5) is 40.6. The van der Waals surface area contributed by atoms with Crippen molar-refractivity contribution in [3.8, 4) is 0 Å². The minimum absolute atomic E-state index is 0.205. The molecule has 0 bridgehead atoms. The van der Waals surface area contributed by atoms with E-state index in [-0.39, 0.29) is 12.3 Å². The van der Waals surface area contributed by atoms with Gasteiger partial charge >= 0.3 is 5.69 Å². The molecule has 2 heterocycles. The first kappa shape index (κ1) is 19.2. The van der Waals surface area contributed by atoms with Crippen LogP contribution in [0.3, 0.4) is 0 Å². The number of hydrogen-bond acceptors (Lipinski definition) is 4. The highest BCUT2D eigenvalue weighted by Gasteiger charge is 2.14. The molecule has 1 N–H and O–H groups in total. The lowest BCUT2D eigenvalue weighted by atomic mass is 10.2. The minimum Gasteiger partial charge on any atom is -0.325 e. The number of aromatic nitrogens is 4. The SMILES string of the molecule is Cn1c(=O)c2c(ncn2CCCC(=O)Nc2ccc(Cl)cc2Cl)n(C)c1=O. The predicted molar refractivity (Wildman–Crippen MR) is 105 cm³/mol. The molecule has 10 heteroatoms. The van der Waals surface area contributed by atoms with E-state index in [1.54, 1.807) is 29.8 Å². The van der Waals surface area contributed by atoms with Crippen LogP contribution in [0.2, 0.25) is 10.0 Å². The van der Waals surface area contributed by atoms with E-state index in [2.05, 4.69) is 10.3 Å². The number of carbonyl (C=O) groups excluding carboxylic acids is 1. The van der Waals surface area contributed by atoms with Gasteiger partial charge in [-0.25, -0.2) is 9.78 Å². The van der Waals surface area contributed by atoms with Gasteiger partial charge in [-0.3, -0.25) is 18.7 Å². The monoisotopic (exact) mass is 409 g/mol. The molecule has 0 aliphatic rings. The summed E-state index contributed by atoms with van der Waals surface area (Å²) in [5.74, 6) is -0.205. The highest BCUT2D eigenvalue weighted by atomic mass is 35.5. The lowest BCUT2D eigenvalue weighted by molar-refractivity contribution is -0.116. The zero-order chi connectivity index (χ0) is 19.7. The highest BCUT2D eigenvalue weighted by molar-refractivity contribution is 6.36. The van der Waals surface area contributed by atoms with Crippen LogP contribution in [0, 0.1) is 0 Å². The third-order valence-corrected chi connectivity index (χ3v) is 4.77. The largest absolute Gasteiger partial charge is 0.332 e. The molecule has 0 fully saturated rings. The molecule has 1 aromatic carbocycles. The number of carbonyl (C=O) groups is 1. The van der Waals surface area contributed by atoms with Crippen molar-refractivity contribution in [2.75, 3.05) is 5.32 Å². The van der Waals surface area contributed by atoms with Crippen LogP contribution >= 0.6 is 23.2 Å². The number of nitrogens with one attached hydrogen (secondary N) is 1. The molecule has 3 rings (SSSR count). The number of benzene rings is 1. The highest BCUT2D eigenvalue weighted by Crippen LogP contribution is 2.25. The molecule has 0 unspecified atom stereocenters. The fourth-order valence-corrected chi connectivity index (χ4v) is 3.24. The van der Waals surface area contributed by atoms with Gasteiger partial charge in [-0.05, 0) is 24.6 Å². The second-order valence-corrected chi connectivity index (χ2v) is 6.94. The van der Waals surface area contributed by atoms with Gasteiger partial charge in [0.15, 0.2) is 11.2 Å². The lowest BCUT2D eigenvalue weighted by Gasteiger charge is -2.08. The number of rotatable bonds is 5. The Morgan fingerprint density at radius 1 is 1.19 bits per heavy atom. The number of halogens is 2. The molecule has 0 aliphatic carbocycles. The van der Waals surface area contributed by atoms with Gasteiger partial charge in [0, 0.05) is 32.1 Å². The summed E-state index contributed by atoms with van der Waals surface area (Å²) < 4.78 is 4.01. The van der Waals surface area contributed by atoms with E-state index < -0.39 is 11.2 Å². The summed E-state index contributed by atoms with van der Waals surface area (Å²) in [7, 11) is 2.98. The van der Waals surface area contributed by atoms with Crippen LogP contribution in [0.15, 0.2) is 34.1 Å². The first-order valence-electron chi connectivity index (χ1n) is 8.15. The Balaban J connectivity index is 1.70. The van der Waals surface area contributed by atoms with Gasteiger partial charge in [-0.1, -0.05) is 23.2 Å². The number of hydrogen-bond donors (Lipinski definition) is 1. The second kappa shape index (κ2) is 7.58. The van der Waals surface area contributed by atoms with E-state index in [9.17, 15) is 14.4 Å². The molecular formula is C17H17Cl2N5O3. The third-order valence-electron chi connectivity index (χ3n) is 4.23. The van der Waals surface area contributed by atoms with Gasteiger partial charge in [0.2, 0.25) is 5.91 Å². The zero-order valence-corrected chi connectivity index (χ0v) is 16.2. The van der Waals surface area contributed by atoms with Crippen LogP contribution in [0.5, 0.6) is 0 Å². The van der Waals surface area contributed by atoms with Crippen molar-refractivity contribution in [1.82, 2.24) is 18.7 Å². The molecule has 0 atom stereocenters. The van der Waals surface area contributed by atoms with E-state index in [0.717, 1.165) is 4.57 Å². The Bertz CT molecular complexity index is 1150. The molecule has 27 heavy (non-hydrogen) atoms. The fourth-order valence-electron chi connectivity index (χ4n) is 2.78. The van der Waals surface area contributed by atoms with Crippen LogP contribution < -0.4 is 16.6 Å². The van der Waals surface area contributed by atoms with E-state index >= 15 is 0 Å². The molecule has 0 saturated carbocycles. The standard InChI is InChI=1S/C17H17Cl2N5O3/c1-22-15-14(16(26)23(2)17(22)27)24(9-20-15)7-3-4-13(25)21-12-6-5-10(18)8-11(12)19/h5-6,8-9H,3-4,7H2,1-2H3,(H,21,25). The van der Waals surface area contributed by atoms with Crippen LogP contribution in [-0.2, 0) is 25.4 Å². The zero-order valence-electron chi connectivity index (χ0n) is 14.7. The second-order valence-electron chi connectivity index (χ2n) is 6.09. The Morgan fingerprint density at radius 3 is 2.63 bits per heavy atom. The summed E-state index contributed by atoms with van der Waals surface area (Å²) in [6.07, 6.45) is 2.21. The Labute approximate surface area is 163 Å². The maximum absolute atomic E-state index is 12.4. The van der Waals surface area contributed by atoms with Crippen LogP contribution in [-0.4, -0.2) is 24.6 Å². The van der Waals surface area contributed by atoms with E-state index in [0.29, 0.717) is 39.9 Å². The molecule has 0 spiro atoms. The predicted octanol–water partition coefficient (Wildman–Crippen LogP) is 2.16. The Hall–Kier alpha value is -2.58. The fraction of sp³-hybridized carbons (Fsp3) is 0.294. The first-order valence-corrected chi connectivity index (χ1v) is 8.91. The van der Waals surface area contributed by atoms with Gasteiger partial charge in [-0.15, -0.1) is 0 Å². The quantitative estimate of drug-likeness (QED) is 0.698. The van der Waals surface area contributed by atoms with Gasteiger partial charge in [0.25, 0.3) is 5.56 Å². The van der Waals surface area contributed by atoms with Crippen molar-refractivity contribution in [2.24, 2.45) is 14.1 Å². The normalized spacial score (nSPS) is 11.1. The molecule has 8 nitrogen and oxygen atoms in total. The van der Waals surface area contributed by atoms with Crippen LogP contribution in [0.1, 0.15) is 12.8 Å². The van der Waals surface area contributed by atoms with Crippen molar-refractivity contribution in [3.63, 3.8) is 0 Å². The molecule has 0 saturated heterocycles. The number of anilines is 1. The molecular weight excluding hydrogens is 393 g/mol. The first-order chi connectivity index (χ1) is 12.8. The van der Waals surface area contributed by atoms with Gasteiger partial charge in [0.05, 0.1) is 17.0 Å². The third kappa shape index (κ3) is 3.77. The van der Waals surface area contributed by atoms with Crippen molar-refractivity contribution in [1.29, 1.82) is 0 Å². The number of imidazole rings is 1. The van der Waals surface area contributed by atoms with Gasteiger partial charge < -0.3 is 9.88 Å². The number of fused-ring (bicyclic) bond motifs is 1. The molecule has 1 amide bonds. The lowest BCUT2D eigenvalue weighted by Crippen LogP contribution is -2.37.